The fourth-order valence-electron chi connectivity index (χ4n) is 3.88. The molecule has 0 unspecified atom stereocenters. The van der Waals surface area contributed by atoms with Gasteiger partial charge in [0, 0.05) is 10.0 Å². The van der Waals surface area contributed by atoms with Crippen molar-refractivity contribution in [2.45, 2.75) is 27.0 Å². The quantitative estimate of drug-likeness (QED) is 0.234. The van der Waals surface area contributed by atoms with Crippen LogP contribution in [-0.4, -0.2) is 29.9 Å². The number of hydrogen-bond acceptors (Lipinski definition) is 5. The highest BCUT2D eigenvalue weighted by Crippen LogP contribution is 2.30. The van der Waals surface area contributed by atoms with E-state index in [1.165, 1.54) is 0 Å². The Morgan fingerprint density at radius 1 is 0.946 bits per heavy atom. The summed E-state index contributed by atoms with van der Waals surface area (Å²) < 4.78 is 19.3. The predicted molar refractivity (Wildman–Crippen MR) is 148 cm³/mol. The van der Waals surface area contributed by atoms with E-state index in [-0.39, 0.29) is 5.91 Å². The van der Waals surface area contributed by atoms with E-state index in [0.29, 0.717) is 46.7 Å². The molecule has 4 rings (SSSR count). The molecule has 9 heteroatoms. The van der Waals surface area contributed by atoms with Gasteiger partial charge in [0.25, 0.3) is 5.91 Å². The molecule has 0 saturated carbocycles. The first-order chi connectivity index (χ1) is 17.8. The summed E-state index contributed by atoms with van der Waals surface area (Å²) in [7, 11) is 3.21. The first-order valence-corrected chi connectivity index (χ1v) is 12.7. The van der Waals surface area contributed by atoms with Gasteiger partial charge in [-0.15, -0.1) is 0 Å². The molecule has 1 aromatic heterocycles. The lowest BCUT2D eigenvalue weighted by atomic mass is 10.1. The smallest absolute Gasteiger partial charge is 0.255 e. The zero-order valence-electron chi connectivity index (χ0n) is 21.0. The summed E-state index contributed by atoms with van der Waals surface area (Å²) in [4.78, 5) is 13.0. The Balaban J connectivity index is 1.42. The maximum atomic E-state index is 13.0. The summed E-state index contributed by atoms with van der Waals surface area (Å²) in [6.45, 7) is 4.68. The maximum absolute atomic E-state index is 13.0. The van der Waals surface area contributed by atoms with Gasteiger partial charge in [0.2, 0.25) is 0 Å². The van der Waals surface area contributed by atoms with Crippen molar-refractivity contribution in [1.82, 2.24) is 9.78 Å². The third kappa shape index (κ3) is 6.26. The Labute approximate surface area is 229 Å². The van der Waals surface area contributed by atoms with Crippen molar-refractivity contribution in [2.75, 3.05) is 19.5 Å². The van der Waals surface area contributed by atoms with E-state index in [4.69, 9.17) is 25.8 Å². The zero-order chi connectivity index (χ0) is 26.5. The lowest BCUT2D eigenvalue weighted by molar-refractivity contribution is 0.102. The van der Waals surface area contributed by atoms with E-state index in [0.717, 1.165) is 27.0 Å². The summed E-state index contributed by atoms with van der Waals surface area (Å²) in [6.07, 6.45) is 0. The number of halogens is 2. The number of anilines is 1. The molecule has 3 aromatic carbocycles. The van der Waals surface area contributed by atoms with Crippen LogP contribution >= 0.6 is 27.5 Å². The van der Waals surface area contributed by atoms with Crippen LogP contribution in [0.5, 0.6) is 17.2 Å². The number of aryl methyl sites for hydroxylation is 1. The van der Waals surface area contributed by atoms with Crippen LogP contribution in [0.3, 0.4) is 0 Å². The Hall–Kier alpha value is -3.49. The molecule has 0 spiro atoms. The van der Waals surface area contributed by atoms with Crippen molar-refractivity contribution in [1.29, 1.82) is 0 Å². The number of aromatic nitrogens is 2. The molecule has 7 nitrogen and oxygen atoms in total. The average Bonchev–Trinajstić information content (AvgIpc) is 3.15. The van der Waals surface area contributed by atoms with Crippen molar-refractivity contribution in [2.24, 2.45) is 0 Å². The molecule has 192 valence electrons. The highest BCUT2D eigenvalue weighted by Gasteiger charge is 2.16. The second-order valence-corrected chi connectivity index (χ2v) is 9.73. The molecule has 0 aliphatic heterocycles. The Morgan fingerprint density at radius 3 is 2.30 bits per heavy atom. The monoisotopic (exact) mass is 583 g/mol. The minimum atomic E-state index is -0.208. The van der Waals surface area contributed by atoms with Gasteiger partial charge in [-0.25, -0.2) is 0 Å². The van der Waals surface area contributed by atoms with Crippen molar-refractivity contribution >= 4 is 39.1 Å². The molecule has 0 aliphatic carbocycles. The van der Waals surface area contributed by atoms with Crippen LogP contribution in [0.25, 0.3) is 0 Å². The van der Waals surface area contributed by atoms with Gasteiger partial charge >= 0.3 is 0 Å². The van der Waals surface area contributed by atoms with Gasteiger partial charge in [0.1, 0.15) is 12.4 Å². The summed E-state index contributed by atoms with van der Waals surface area (Å²) in [5.74, 6) is 1.72. The molecule has 0 aliphatic rings. The van der Waals surface area contributed by atoms with Crippen molar-refractivity contribution in [3.8, 4) is 17.2 Å². The molecular formula is C28H27BrClN3O4. The number of nitrogens with zero attached hydrogens (tertiary/aromatic N) is 2. The lowest BCUT2D eigenvalue weighted by Crippen LogP contribution is -2.13. The minimum absolute atomic E-state index is 0.208. The summed E-state index contributed by atoms with van der Waals surface area (Å²) >= 11 is 9.59. The van der Waals surface area contributed by atoms with Crippen molar-refractivity contribution in [3.05, 3.63) is 98.2 Å². The first-order valence-electron chi connectivity index (χ1n) is 11.5. The summed E-state index contributed by atoms with van der Waals surface area (Å²) in [5.41, 5.74) is 4.76. The van der Waals surface area contributed by atoms with Crippen molar-refractivity contribution < 1.29 is 19.0 Å². The topological polar surface area (TPSA) is 74.6 Å². The van der Waals surface area contributed by atoms with Crippen molar-refractivity contribution in [3.63, 3.8) is 0 Å². The van der Waals surface area contributed by atoms with Gasteiger partial charge in [-0.3, -0.25) is 9.48 Å². The molecule has 0 radical (unpaired) electrons. The number of hydrogen-bond donors (Lipinski definition) is 1. The summed E-state index contributed by atoms with van der Waals surface area (Å²) in [6, 6.07) is 18.5. The molecule has 0 atom stereocenters. The van der Waals surface area contributed by atoms with Crippen LogP contribution in [0.2, 0.25) is 5.02 Å². The minimum Gasteiger partial charge on any atom is -0.493 e. The van der Waals surface area contributed by atoms with Gasteiger partial charge in [-0.1, -0.05) is 45.7 Å². The van der Waals surface area contributed by atoms with E-state index in [1.807, 2.05) is 61.0 Å². The Morgan fingerprint density at radius 2 is 1.62 bits per heavy atom. The number of methoxy groups -OCH3 is 2. The molecule has 0 bridgehead atoms. The molecule has 1 N–H and O–H groups in total. The number of carbonyl (C=O) groups excluding carboxylic acids is 1. The zero-order valence-corrected chi connectivity index (χ0v) is 23.3. The average molecular weight is 585 g/mol. The van der Waals surface area contributed by atoms with Crippen LogP contribution in [0.1, 0.15) is 32.9 Å². The van der Waals surface area contributed by atoms with Crippen LogP contribution in [0.15, 0.2) is 65.1 Å². The number of carbonyl (C=O) groups is 1. The highest BCUT2D eigenvalue weighted by atomic mass is 79.9. The second kappa shape index (κ2) is 11.7. The number of nitrogens with one attached hydrogen (secondary N) is 1. The molecular weight excluding hydrogens is 558 g/mol. The number of benzene rings is 3. The van der Waals surface area contributed by atoms with Gasteiger partial charge in [0.15, 0.2) is 11.5 Å². The van der Waals surface area contributed by atoms with E-state index in [9.17, 15) is 4.79 Å². The Kier molecular flexibility index (Phi) is 8.41. The second-order valence-electron chi connectivity index (χ2n) is 8.41. The van der Waals surface area contributed by atoms with Crippen LogP contribution in [-0.2, 0) is 13.2 Å². The number of ether oxygens (including phenoxy) is 3. The largest absolute Gasteiger partial charge is 0.493 e. The van der Waals surface area contributed by atoms with E-state index < -0.39 is 0 Å². The lowest BCUT2D eigenvalue weighted by Gasteiger charge is -2.11. The number of rotatable bonds is 9. The molecule has 37 heavy (non-hydrogen) atoms. The summed E-state index contributed by atoms with van der Waals surface area (Å²) in [5, 5.41) is 8.17. The normalized spacial score (nSPS) is 10.8. The van der Waals surface area contributed by atoms with Gasteiger partial charge in [-0.2, -0.15) is 5.10 Å². The van der Waals surface area contributed by atoms with Crippen LogP contribution in [0, 0.1) is 13.8 Å². The van der Waals surface area contributed by atoms with Gasteiger partial charge in [-0.05, 0) is 67.4 Å². The molecule has 0 fully saturated rings. The standard InChI is InChI=1S/C28H27BrClN3O4/c1-17-27(18(2)33(32-17)15-20-7-11-25(35-3)26(13-20)36-4)31-28(34)21-8-5-19(6-9-21)16-37-24-12-10-22(29)14-23(24)30/h5-14H,15-16H2,1-4H3,(H,31,34). The van der Waals surface area contributed by atoms with Gasteiger partial charge < -0.3 is 19.5 Å². The fraction of sp³-hybridized carbons (Fsp3) is 0.214. The third-order valence-electron chi connectivity index (χ3n) is 5.90. The van der Waals surface area contributed by atoms with E-state index in [1.54, 1.807) is 32.4 Å². The SMILES string of the molecule is COc1ccc(Cn2nc(C)c(NC(=O)c3ccc(COc4ccc(Br)cc4Cl)cc3)c2C)cc1OC. The third-order valence-corrected chi connectivity index (χ3v) is 6.69. The fourth-order valence-corrected chi connectivity index (χ4v) is 4.60. The number of amides is 1. The van der Waals surface area contributed by atoms with Crippen LogP contribution in [0.4, 0.5) is 5.69 Å². The van der Waals surface area contributed by atoms with Gasteiger partial charge in [0.05, 0.1) is 42.9 Å². The van der Waals surface area contributed by atoms with Crippen LogP contribution < -0.4 is 19.5 Å². The Bertz CT molecular complexity index is 1420. The maximum Gasteiger partial charge on any atom is 0.255 e. The predicted octanol–water partition coefficient (Wildman–Crippen LogP) is 6.81. The highest BCUT2D eigenvalue weighted by molar-refractivity contribution is 9.10. The molecule has 4 aromatic rings. The van der Waals surface area contributed by atoms with E-state index >= 15 is 0 Å². The molecule has 1 heterocycles. The molecule has 0 saturated heterocycles. The molecule has 1 amide bonds. The first kappa shape index (κ1) is 26.6. The van der Waals surface area contributed by atoms with E-state index in [2.05, 4.69) is 26.3 Å².